The lowest BCUT2D eigenvalue weighted by Gasteiger charge is -2.34. The second-order valence-electron chi connectivity index (χ2n) is 7.10. The molecule has 1 saturated heterocycles. The van der Waals surface area contributed by atoms with Crippen LogP contribution in [-0.4, -0.2) is 84.1 Å². The summed E-state index contributed by atoms with van der Waals surface area (Å²) in [5.74, 6) is 1.41. The van der Waals surface area contributed by atoms with Crippen molar-refractivity contribution >= 4 is 16.0 Å². The number of sulfonamides is 1. The number of hydrogen-bond acceptors (Lipinski definition) is 5. The molecule has 8 nitrogen and oxygen atoms in total. The Kier molecular flexibility index (Phi) is 11.1. The van der Waals surface area contributed by atoms with E-state index < -0.39 is 10.0 Å². The lowest BCUT2D eigenvalue weighted by atomic mass is 10.0. The van der Waals surface area contributed by atoms with Gasteiger partial charge in [-0.05, 0) is 25.7 Å². The summed E-state index contributed by atoms with van der Waals surface area (Å²) in [6.07, 6.45) is 2.99. The summed E-state index contributed by atoms with van der Waals surface area (Å²) in [7, 11) is -3.12. The molecule has 154 valence electrons. The van der Waals surface area contributed by atoms with Gasteiger partial charge >= 0.3 is 0 Å². The first-order valence-electron chi connectivity index (χ1n) is 9.60. The van der Waals surface area contributed by atoms with Crippen LogP contribution in [0.2, 0.25) is 0 Å². The molecule has 0 aromatic heterocycles. The second-order valence-corrected chi connectivity index (χ2v) is 8.93. The quantitative estimate of drug-likeness (QED) is 0.265. The molecule has 26 heavy (non-hydrogen) atoms. The molecule has 0 aromatic carbocycles. The minimum absolute atomic E-state index is 0.418. The minimum atomic E-state index is -3.12. The summed E-state index contributed by atoms with van der Waals surface area (Å²) in [6, 6.07) is 0.418. The third-order valence-electron chi connectivity index (χ3n) is 4.12. The Morgan fingerprint density at radius 3 is 2.46 bits per heavy atom. The van der Waals surface area contributed by atoms with E-state index in [1.807, 2.05) is 6.92 Å². The molecule has 3 N–H and O–H groups in total. The standard InChI is InChI=1S/C17H37N5O3S/c1-5-18-17(19-7-6-8-21-26(4,23)24)20-14-16(13-15(2)3)22-9-11-25-12-10-22/h15-16,21H,5-14H2,1-4H3,(H2,18,19,20). The van der Waals surface area contributed by atoms with Gasteiger partial charge in [-0.15, -0.1) is 0 Å². The predicted octanol–water partition coefficient (Wildman–Crippen LogP) is 0.228. The number of aliphatic imine (C=N–C) groups is 1. The van der Waals surface area contributed by atoms with Gasteiger partial charge in [0, 0.05) is 38.8 Å². The Labute approximate surface area is 159 Å². The van der Waals surface area contributed by atoms with Crippen LogP contribution in [0.1, 0.15) is 33.6 Å². The maximum Gasteiger partial charge on any atom is 0.208 e. The second kappa shape index (κ2) is 12.5. The van der Waals surface area contributed by atoms with E-state index in [1.54, 1.807) is 0 Å². The molecule has 1 aliphatic rings. The van der Waals surface area contributed by atoms with Crippen molar-refractivity contribution in [3.05, 3.63) is 0 Å². The van der Waals surface area contributed by atoms with Crippen LogP contribution < -0.4 is 15.4 Å². The van der Waals surface area contributed by atoms with Crippen molar-refractivity contribution in [2.24, 2.45) is 10.9 Å². The van der Waals surface area contributed by atoms with Crippen molar-refractivity contribution in [2.75, 3.05) is 58.7 Å². The zero-order chi connectivity index (χ0) is 19.4. The lowest BCUT2D eigenvalue weighted by molar-refractivity contribution is 0.0143. The van der Waals surface area contributed by atoms with E-state index in [1.165, 1.54) is 6.26 Å². The summed E-state index contributed by atoms with van der Waals surface area (Å²) >= 11 is 0. The average Bonchev–Trinajstić information content (AvgIpc) is 2.57. The van der Waals surface area contributed by atoms with E-state index in [4.69, 9.17) is 9.73 Å². The van der Waals surface area contributed by atoms with Crippen LogP contribution in [0.15, 0.2) is 4.99 Å². The summed E-state index contributed by atoms with van der Waals surface area (Å²) in [4.78, 5) is 7.24. The van der Waals surface area contributed by atoms with E-state index in [2.05, 4.69) is 34.1 Å². The van der Waals surface area contributed by atoms with Crippen LogP contribution in [0, 0.1) is 5.92 Å². The molecular weight excluding hydrogens is 354 g/mol. The van der Waals surface area contributed by atoms with Crippen molar-refractivity contribution in [3.8, 4) is 0 Å². The summed E-state index contributed by atoms with van der Waals surface area (Å²) in [5, 5.41) is 6.54. The molecule has 1 atom stereocenters. The summed E-state index contributed by atoms with van der Waals surface area (Å²) < 4.78 is 30.1. The van der Waals surface area contributed by atoms with Crippen molar-refractivity contribution in [2.45, 2.75) is 39.7 Å². The van der Waals surface area contributed by atoms with E-state index in [0.29, 0.717) is 31.5 Å². The van der Waals surface area contributed by atoms with Crippen molar-refractivity contribution < 1.29 is 13.2 Å². The van der Waals surface area contributed by atoms with Crippen LogP contribution >= 0.6 is 0 Å². The summed E-state index contributed by atoms with van der Waals surface area (Å²) in [5.41, 5.74) is 0. The number of hydrogen-bond donors (Lipinski definition) is 3. The fourth-order valence-corrected chi connectivity index (χ4v) is 3.43. The Balaban J connectivity index is 2.51. The molecule has 0 aliphatic carbocycles. The molecule has 0 spiro atoms. The van der Waals surface area contributed by atoms with Crippen LogP contribution in [-0.2, 0) is 14.8 Å². The fourth-order valence-electron chi connectivity index (χ4n) is 2.92. The SMILES string of the molecule is CCNC(=NCC(CC(C)C)N1CCOCC1)NCCCNS(C)(=O)=O. The molecule has 1 fully saturated rings. The largest absolute Gasteiger partial charge is 0.379 e. The molecule has 0 radical (unpaired) electrons. The normalized spacial score (nSPS) is 18.1. The number of rotatable bonds is 11. The van der Waals surface area contributed by atoms with Crippen molar-refractivity contribution in [1.82, 2.24) is 20.3 Å². The van der Waals surface area contributed by atoms with Gasteiger partial charge in [0.25, 0.3) is 0 Å². The zero-order valence-corrected chi connectivity index (χ0v) is 17.6. The van der Waals surface area contributed by atoms with Crippen molar-refractivity contribution in [3.63, 3.8) is 0 Å². The molecule has 0 amide bonds. The third kappa shape index (κ3) is 10.9. The molecule has 9 heteroatoms. The first-order chi connectivity index (χ1) is 12.3. The van der Waals surface area contributed by atoms with Gasteiger partial charge in [-0.2, -0.15) is 0 Å². The van der Waals surface area contributed by atoms with Gasteiger partial charge in [0.15, 0.2) is 5.96 Å². The number of ether oxygens (including phenoxy) is 1. The van der Waals surface area contributed by atoms with Gasteiger partial charge in [0.1, 0.15) is 0 Å². The van der Waals surface area contributed by atoms with Crippen LogP contribution in [0.5, 0.6) is 0 Å². The van der Waals surface area contributed by atoms with Crippen LogP contribution in [0.25, 0.3) is 0 Å². The first-order valence-corrected chi connectivity index (χ1v) is 11.5. The highest BCUT2D eigenvalue weighted by Gasteiger charge is 2.21. The predicted molar refractivity (Wildman–Crippen MR) is 107 cm³/mol. The van der Waals surface area contributed by atoms with Gasteiger partial charge in [-0.1, -0.05) is 13.8 Å². The van der Waals surface area contributed by atoms with E-state index in [9.17, 15) is 8.42 Å². The highest BCUT2D eigenvalue weighted by atomic mass is 32.2. The minimum Gasteiger partial charge on any atom is -0.379 e. The highest BCUT2D eigenvalue weighted by molar-refractivity contribution is 7.88. The number of guanidine groups is 1. The van der Waals surface area contributed by atoms with Gasteiger partial charge in [0.2, 0.25) is 10.0 Å². The molecule has 1 rings (SSSR count). The lowest BCUT2D eigenvalue weighted by Crippen LogP contribution is -2.46. The van der Waals surface area contributed by atoms with Gasteiger partial charge < -0.3 is 15.4 Å². The highest BCUT2D eigenvalue weighted by Crippen LogP contribution is 2.14. The van der Waals surface area contributed by atoms with E-state index >= 15 is 0 Å². The first kappa shape index (κ1) is 23.1. The van der Waals surface area contributed by atoms with E-state index in [-0.39, 0.29) is 0 Å². The number of morpholine rings is 1. The Bertz CT molecular complexity index is 505. The van der Waals surface area contributed by atoms with Gasteiger partial charge in [-0.3, -0.25) is 9.89 Å². The maximum atomic E-state index is 11.1. The molecule has 1 heterocycles. The molecule has 0 saturated carbocycles. The number of nitrogens with zero attached hydrogens (tertiary/aromatic N) is 2. The number of nitrogens with one attached hydrogen (secondary N) is 3. The molecule has 0 bridgehead atoms. The Hall–Kier alpha value is -0.900. The topological polar surface area (TPSA) is 95.1 Å². The van der Waals surface area contributed by atoms with Crippen LogP contribution in [0.4, 0.5) is 0 Å². The van der Waals surface area contributed by atoms with Gasteiger partial charge in [-0.25, -0.2) is 13.1 Å². The van der Waals surface area contributed by atoms with Crippen molar-refractivity contribution in [1.29, 1.82) is 0 Å². The van der Waals surface area contributed by atoms with E-state index in [0.717, 1.165) is 51.8 Å². The molecule has 0 aromatic rings. The molecule has 1 unspecified atom stereocenters. The molecular formula is C17H37N5O3S. The van der Waals surface area contributed by atoms with Crippen LogP contribution in [0.3, 0.4) is 0 Å². The summed E-state index contributed by atoms with van der Waals surface area (Å²) in [6.45, 7) is 12.7. The zero-order valence-electron chi connectivity index (χ0n) is 16.8. The maximum absolute atomic E-state index is 11.1. The fraction of sp³-hybridized carbons (Fsp3) is 0.941. The molecule has 1 aliphatic heterocycles. The Morgan fingerprint density at radius 1 is 1.19 bits per heavy atom. The average molecular weight is 392 g/mol. The monoisotopic (exact) mass is 391 g/mol. The van der Waals surface area contributed by atoms with Gasteiger partial charge in [0.05, 0.1) is 26.0 Å². The Morgan fingerprint density at radius 2 is 1.88 bits per heavy atom. The smallest absolute Gasteiger partial charge is 0.208 e. The third-order valence-corrected chi connectivity index (χ3v) is 4.85.